The van der Waals surface area contributed by atoms with E-state index < -0.39 is 0 Å². The van der Waals surface area contributed by atoms with Crippen molar-refractivity contribution in [2.24, 2.45) is 5.73 Å². The van der Waals surface area contributed by atoms with Crippen LogP contribution in [-0.2, 0) is 11.2 Å². The molecule has 0 aliphatic rings. The Labute approximate surface area is 116 Å². The molecule has 0 aliphatic heterocycles. The van der Waals surface area contributed by atoms with Crippen molar-refractivity contribution in [2.75, 3.05) is 5.94 Å². The van der Waals surface area contributed by atoms with Gasteiger partial charge in [0.05, 0.1) is 6.42 Å². The van der Waals surface area contributed by atoms with Crippen molar-refractivity contribution in [3.63, 3.8) is 0 Å². The van der Waals surface area contributed by atoms with Gasteiger partial charge < -0.3 is 10.5 Å². The molecule has 1 amide bonds. The summed E-state index contributed by atoms with van der Waals surface area (Å²) in [5, 5.41) is 0. The van der Waals surface area contributed by atoms with E-state index >= 15 is 0 Å². The molecule has 0 aliphatic carbocycles. The van der Waals surface area contributed by atoms with Crippen molar-refractivity contribution in [3.05, 3.63) is 60.2 Å². The third kappa shape index (κ3) is 4.67. The second-order valence-electron chi connectivity index (χ2n) is 4.01. The van der Waals surface area contributed by atoms with Crippen LogP contribution < -0.4 is 10.5 Å². The highest BCUT2D eigenvalue weighted by atomic mass is 32.2. The van der Waals surface area contributed by atoms with E-state index in [1.807, 2.05) is 54.6 Å². The Kier molecular flexibility index (Phi) is 4.86. The summed E-state index contributed by atoms with van der Waals surface area (Å²) in [7, 11) is 0. The van der Waals surface area contributed by atoms with Gasteiger partial charge in [-0.2, -0.15) is 0 Å². The largest absolute Gasteiger partial charge is 0.483 e. The van der Waals surface area contributed by atoms with Gasteiger partial charge in [-0.25, -0.2) is 0 Å². The van der Waals surface area contributed by atoms with Gasteiger partial charge in [-0.15, -0.1) is 0 Å². The second-order valence-corrected chi connectivity index (χ2v) is 5.00. The first-order valence-electron chi connectivity index (χ1n) is 5.92. The second kappa shape index (κ2) is 6.85. The third-order valence-corrected chi connectivity index (χ3v) is 3.34. The van der Waals surface area contributed by atoms with E-state index in [0.29, 0.717) is 5.94 Å². The molecule has 0 bridgehead atoms. The molecular formula is C15H15NO2S. The van der Waals surface area contributed by atoms with E-state index in [4.69, 9.17) is 10.5 Å². The molecule has 2 rings (SSSR count). The molecule has 0 fully saturated rings. The summed E-state index contributed by atoms with van der Waals surface area (Å²) >= 11 is 1.63. The highest BCUT2D eigenvalue weighted by molar-refractivity contribution is 7.99. The molecule has 2 N–H and O–H groups in total. The molecule has 19 heavy (non-hydrogen) atoms. The van der Waals surface area contributed by atoms with Crippen LogP contribution in [0.3, 0.4) is 0 Å². The Morgan fingerprint density at radius 1 is 1.05 bits per heavy atom. The first kappa shape index (κ1) is 13.5. The summed E-state index contributed by atoms with van der Waals surface area (Å²) in [5.41, 5.74) is 6.03. The molecule has 0 saturated carbocycles. The number of carbonyl (C=O) groups is 1. The summed E-state index contributed by atoms with van der Waals surface area (Å²) in [5.74, 6) is 1.02. The van der Waals surface area contributed by atoms with Gasteiger partial charge in [-0.1, -0.05) is 42.1 Å². The fourth-order valence-corrected chi connectivity index (χ4v) is 2.27. The van der Waals surface area contributed by atoms with Gasteiger partial charge in [0.2, 0.25) is 5.91 Å². The lowest BCUT2D eigenvalue weighted by Gasteiger charge is -2.06. The van der Waals surface area contributed by atoms with E-state index in [2.05, 4.69) is 0 Å². The summed E-state index contributed by atoms with van der Waals surface area (Å²) in [6.07, 6.45) is 0.263. The third-order valence-electron chi connectivity index (χ3n) is 2.50. The number of primary amides is 1. The van der Waals surface area contributed by atoms with Crippen LogP contribution in [0.4, 0.5) is 0 Å². The number of hydrogen-bond donors (Lipinski definition) is 1. The van der Waals surface area contributed by atoms with Gasteiger partial charge in [0.25, 0.3) is 0 Å². The SMILES string of the molecule is NC(=O)Cc1ccc(OCSc2ccccc2)cc1. The molecule has 2 aromatic rings. The normalized spacial score (nSPS) is 10.1. The van der Waals surface area contributed by atoms with E-state index in [9.17, 15) is 4.79 Å². The Morgan fingerprint density at radius 3 is 2.37 bits per heavy atom. The van der Waals surface area contributed by atoms with Crippen LogP contribution in [0.15, 0.2) is 59.5 Å². The Hall–Kier alpha value is -1.94. The minimum Gasteiger partial charge on any atom is -0.483 e. The molecule has 3 nitrogen and oxygen atoms in total. The summed E-state index contributed by atoms with van der Waals surface area (Å²) in [4.78, 5) is 11.9. The van der Waals surface area contributed by atoms with E-state index in [-0.39, 0.29) is 12.3 Å². The van der Waals surface area contributed by atoms with Crippen molar-refractivity contribution in [3.8, 4) is 5.75 Å². The maximum atomic E-state index is 10.8. The predicted octanol–water partition coefficient (Wildman–Crippen LogP) is 2.84. The van der Waals surface area contributed by atoms with Crippen molar-refractivity contribution in [1.82, 2.24) is 0 Å². The van der Waals surface area contributed by atoms with Crippen molar-refractivity contribution in [1.29, 1.82) is 0 Å². The highest BCUT2D eigenvalue weighted by Gasteiger charge is 1.99. The molecule has 0 saturated heterocycles. The van der Waals surface area contributed by atoms with Gasteiger partial charge in [0, 0.05) is 4.90 Å². The highest BCUT2D eigenvalue weighted by Crippen LogP contribution is 2.19. The van der Waals surface area contributed by atoms with Gasteiger partial charge in [-0.05, 0) is 29.8 Å². The average molecular weight is 273 g/mol. The number of benzene rings is 2. The molecule has 0 unspecified atom stereocenters. The van der Waals surface area contributed by atoms with Gasteiger partial charge in [-0.3, -0.25) is 4.79 Å². The number of thioether (sulfide) groups is 1. The Morgan fingerprint density at radius 2 is 1.74 bits per heavy atom. The fourth-order valence-electron chi connectivity index (χ4n) is 1.59. The van der Waals surface area contributed by atoms with Gasteiger partial charge >= 0.3 is 0 Å². The molecular weight excluding hydrogens is 258 g/mol. The molecule has 0 heterocycles. The lowest BCUT2D eigenvalue weighted by Crippen LogP contribution is -2.13. The van der Waals surface area contributed by atoms with Gasteiger partial charge in [0.1, 0.15) is 11.7 Å². The minimum absolute atomic E-state index is 0.263. The molecule has 2 aromatic carbocycles. The van der Waals surface area contributed by atoms with Crippen LogP contribution in [0, 0.1) is 0 Å². The maximum Gasteiger partial charge on any atom is 0.221 e. The van der Waals surface area contributed by atoms with E-state index in [1.54, 1.807) is 11.8 Å². The lowest BCUT2D eigenvalue weighted by molar-refractivity contribution is -0.117. The summed E-state index contributed by atoms with van der Waals surface area (Å²) < 4.78 is 5.62. The van der Waals surface area contributed by atoms with Crippen molar-refractivity contribution >= 4 is 17.7 Å². The summed E-state index contributed by atoms with van der Waals surface area (Å²) in [6, 6.07) is 17.5. The molecule has 0 spiro atoms. The number of amides is 1. The topological polar surface area (TPSA) is 52.3 Å². The summed E-state index contributed by atoms with van der Waals surface area (Å²) in [6.45, 7) is 0. The lowest BCUT2D eigenvalue weighted by atomic mass is 10.1. The Bertz CT molecular complexity index is 526. The smallest absolute Gasteiger partial charge is 0.221 e. The number of ether oxygens (including phenoxy) is 1. The zero-order chi connectivity index (χ0) is 13.5. The van der Waals surface area contributed by atoms with Crippen molar-refractivity contribution < 1.29 is 9.53 Å². The maximum absolute atomic E-state index is 10.8. The van der Waals surface area contributed by atoms with Crippen LogP contribution in [-0.4, -0.2) is 11.8 Å². The van der Waals surface area contributed by atoms with Crippen LogP contribution in [0.25, 0.3) is 0 Å². The quantitative estimate of drug-likeness (QED) is 0.650. The average Bonchev–Trinajstić information content (AvgIpc) is 2.41. The fraction of sp³-hybridized carbons (Fsp3) is 0.133. The standard InChI is InChI=1S/C15H15NO2S/c16-15(17)10-12-6-8-13(9-7-12)18-11-19-14-4-2-1-3-5-14/h1-9H,10-11H2,(H2,16,17). The predicted molar refractivity (Wildman–Crippen MR) is 77.1 cm³/mol. The van der Waals surface area contributed by atoms with Crippen LogP contribution in [0.5, 0.6) is 5.75 Å². The first-order valence-corrected chi connectivity index (χ1v) is 6.90. The van der Waals surface area contributed by atoms with Crippen LogP contribution in [0.2, 0.25) is 0 Å². The zero-order valence-electron chi connectivity index (χ0n) is 10.4. The van der Waals surface area contributed by atoms with Crippen LogP contribution >= 0.6 is 11.8 Å². The molecule has 0 radical (unpaired) electrons. The van der Waals surface area contributed by atoms with Gasteiger partial charge in [0.15, 0.2) is 0 Å². The Balaban J connectivity index is 1.81. The van der Waals surface area contributed by atoms with Crippen LogP contribution in [0.1, 0.15) is 5.56 Å². The van der Waals surface area contributed by atoms with Crippen molar-refractivity contribution in [2.45, 2.75) is 11.3 Å². The first-order chi connectivity index (χ1) is 9.24. The number of hydrogen-bond acceptors (Lipinski definition) is 3. The monoisotopic (exact) mass is 273 g/mol. The molecule has 98 valence electrons. The minimum atomic E-state index is -0.326. The molecule has 0 atom stereocenters. The number of nitrogens with two attached hydrogens (primary N) is 1. The van der Waals surface area contributed by atoms with E-state index in [0.717, 1.165) is 11.3 Å². The number of rotatable bonds is 6. The number of carbonyl (C=O) groups excluding carboxylic acids is 1. The zero-order valence-corrected chi connectivity index (χ0v) is 11.2. The molecule has 4 heteroatoms. The molecule has 0 aromatic heterocycles. The van der Waals surface area contributed by atoms with E-state index in [1.165, 1.54) is 4.90 Å².